The summed E-state index contributed by atoms with van der Waals surface area (Å²) in [6.45, 7) is 2.07. The highest BCUT2D eigenvalue weighted by Gasteiger charge is 2.08. The molecule has 0 fully saturated rings. The Morgan fingerprint density at radius 1 is 1.39 bits per heavy atom. The largest absolute Gasteiger partial charge is 0.393 e. The molecule has 1 aromatic carbocycles. The molecule has 3 heteroatoms. The highest BCUT2D eigenvalue weighted by Crippen LogP contribution is 2.10. The third-order valence-electron chi connectivity index (χ3n) is 3.18. The number of aliphatic hydroxyl groups excluding tert-OH is 1. The molecule has 1 unspecified atom stereocenters. The standard InChI is InChI=1S/C15H20N2O/c1-12-4-3-5-13(10-12)11-14(18)6-7-15-16-8-9-17(15)2/h3-5,8-10,14,18H,6-7,11H2,1-2H3. The zero-order chi connectivity index (χ0) is 13.0. The van der Waals surface area contributed by atoms with Gasteiger partial charge in [0, 0.05) is 25.9 Å². The van der Waals surface area contributed by atoms with Gasteiger partial charge < -0.3 is 9.67 Å². The van der Waals surface area contributed by atoms with Crippen LogP contribution in [0.3, 0.4) is 0 Å². The molecule has 2 rings (SSSR count). The third kappa shape index (κ3) is 3.44. The predicted octanol–water partition coefficient (Wildman–Crippen LogP) is 2.26. The van der Waals surface area contributed by atoms with Crippen LogP contribution in [0.25, 0.3) is 0 Å². The van der Waals surface area contributed by atoms with E-state index in [2.05, 4.69) is 30.1 Å². The van der Waals surface area contributed by atoms with E-state index in [4.69, 9.17) is 0 Å². The van der Waals surface area contributed by atoms with Crippen molar-refractivity contribution < 1.29 is 5.11 Å². The Morgan fingerprint density at radius 2 is 2.22 bits per heavy atom. The summed E-state index contributed by atoms with van der Waals surface area (Å²) in [6.07, 6.45) is 5.70. The summed E-state index contributed by atoms with van der Waals surface area (Å²) < 4.78 is 2.00. The molecule has 2 aromatic rings. The minimum atomic E-state index is -0.302. The van der Waals surface area contributed by atoms with Crippen molar-refractivity contribution >= 4 is 0 Å². The fourth-order valence-corrected chi connectivity index (χ4v) is 2.15. The second-order valence-electron chi connectivity index (χ2n) is 4.84. The third-order valence-corrected chi connectivity index (χ3v) is 3.18. The minimum Gasteiger partial charge on any atom is -0.393 e. The summed E-state index contributed by atoms with van der Waals surface area (Å²) in [7, 11) is 1.98. The monoisotopic (exact) mass is 244 g/mol. The van der Waals surface area contributed by atoms with Crippen molar-refractivity contribution in [2.45, 2.75) is 32.3 Å². The van der Waals surface area contributed by atoms with E-state index < -0.39 is 0 Å². The van der Waals surface area contributed by atoms with Gasteiger partial charge in [0.1, 0.15) is 5.82 Å². The Hall–Kier alpha value is -1.61. The van der Waals surface area contributed by atoms with Crippen LogP contribution in [0.1, 0.15) is 23.4 Å². The summed E-state index contributed by atoms with van der Waals surface area (Å²) in [5, 5.41) is 10.0. The highest BCUT2D eigenvalue weighted by atomic mass is 16.3. The van der Waals surface area contributed by atoms with E-state index in [0.717, 1.165) is 18.7 Å². The lowest BCUT2D eigenvalue weighted by Crippen LogP contribution is -2.13. The number of hydrogen-bond acceptors (Lipinski definition) is 2. The molecule has 96 valence electrons. The Kier molecular flexibility index (Phi) is 4.15. The number of imidazole rings is 1. The molecule has 3 nitrogen and oxygen atoms in total. The molecular weight excluding hydrogens is 224 g/mol. The van der Waals surface area contributed by atoms with Crippen molar-refractivity contribution in [1.29, 1.82) is 0 Å². The number of aromatic nitrogens is 2. The van der Waals surface area contributed by atoms with Crippen molar-refractivity contribution in [1.82, 2.24) is 9.55 Å². The molecule has 0 bridgehead atoms. The molecule has 0 aliphatic carbocycles. The van der Waals surface area contributed by atoms with Gasteiger partial charge in [0.2, 0.25) is 0 Å². The van der Waals surface area contributed by atoms with E-state index in [1.165, 1.54) is 11.1 Å². The summed E-state index contributed by atoms with van der Waals surface area (Å²) in [4.78, 5) is 4.26. The van der Waals surface area contributed by atoms with Crippen LogP contribution in [0.15, 0.2) is 36.7 Å². The molecule has 1 aromatic heterocycles. The zero-order valence-electron chi connectivity index (χ0n) is 11.0. The van der Waals surface area contributed by atoms with Gasteiger partial charge in [0.15, 0.2) is 0 Å². The second kappa shape index (κ2) is 5.83. The molecule has 0 saturated carbocycles. The fourth-order valence-electron chi connectivity index (χ4n) is 2.15. The normalized spacial score (nSPS) is 12.6. The molecule has 1 N–H and O–H groups in total. The SMILES string of the molecule is Cc1cccc(CC(O)CCc2nccn2C)c1. The topological polar surface area (TPSA) is 38.1 Å². The number of aryl methyl sites for hydroxylation is 3. The summed E-state index contributed by atoms with van der Waals surface area (Å²) >= 11 is 0. The minimum absolute atomic E-state index is 0.302. The number of aliphatic hydroxyl groups is 1. The summed E-state index contributed by atoms with van der Waals surface area (Å²) in [5.74, 6) is 1.03. The van der Waals surface area contributed by atoms with E-state index in [1.54, 1.807) is 6.20 Å². The molecule has 0 spiro atoms. The number of benzene rings is 1. The van der Waals surface area contributed by atoms with Crippen LogP contribution >= 0.6 is 0 Å². The molecule has 0 radical (unpaired) electrons. The Balaban J connectivity index is 1.86. The second-order valence-corrected chi connectivity index (χ2v) is 4.84. The van der Waals surface area contributed by atoms with E-state index in [-0.39, 0.29) is 6.10 Å². The predicted molar refractivity (Wildman–Crippen MR) is 72.4 cm³/mol. The van der Waals surface area contributed by atoms with Crippen LogP contribution < -0.4 is 0 Å². The van der Waals surface area contributed by atoms with Gasteiger partial charge >= 0.3 is 0 Å². The van der Waals surface area contributed by atoms with Gasteiger partial charge in [-0.15, -0.1) is 0 Å². The lowest BCUT2D eigenvalue weighted by atomic mass is 10.0. The van der Waals surface area contributed by atoms with Gasteiger partial charge in [-0.3, -0.25) is 0 Å². The smallest absolute Gasteiger partial charge is 0.108 e. The molecule has 0 amide bonds. The van der Waals surface area contributed by atoms with Crippen molar-refractivity contribution in [2.24, 2.45) is 7.05 Å². The number of hydrogen-bond donors (Lipinski definition) is 1. The molecule has 1 atom stereocenters. The zero-order valence-corrected chi connectivity index (χ0v) is 11.0. The summed E-state index contributed by atoms with van der Waals surface area (Å²) in [5.41, 5.74) is 2.44. The molecule has 0 saturated heterocycles. The Morgan fingerprint density at radius 3 is 2.89 bits per heavy atom. The van der Waals surface area contributed by atoms with Gasteiger partial charge in [0.05, 0.1) is 6.10 Å². The van der Waals surface area contributed by atoms with E-state index in [0.29, 0.717) is 6.42 Å². The first-order valence-corrected chi connectivity index (χ1v) is 6.35. The Bertz CT molecular complexity index is 505. The van der Waals surface area contributed by atoms with Gasteiger partial charge in [-0.05, 0) is 25.3 Å². The van der Waals surface area contributed by atoms with Crippen LogP contribution in [0.4, 0.5) is 0 Å². The molecule has 18 heavy (non-hydrogen) atoms. The average Bonchev–Trinajstić information content (AvgIpc) is 2.72. The van der Waals surface area contributed by atoms with Crippen LogP contribution in [0, 0.1) is 6.92 Å². The first-order chi connectivity index (χ1) is 8.65. The number of rotatable bonds is 5. The molecule has 0 aliphatic rings. The number of nitrogens with zero attached hydrogens (tertiary/aromatic N) is 2. The van der Waals surface area contributed by atoms with Crippen LogP contribution in [-0.2, 0) is 19.9 Å². The van der Waals surface area contributed by atoms with Crippen molar-refractivity contribution in [2.75, 3.05) is 0 Å². The van der Waals surface area contributed by atoms with Crippen LogP contribution in [0.5, 0.6) is 0 Å². The highest BCUT2D eigenvalue weighted by molar-refractivity contribution is 5.22. The maximum atomic E-state index is 10.0. The summed E-state index contributed by atoms with van der Waals surface area (Å²) in [6, 6.07) is 8.31. The maximum Gasteiger partial charge on any atom is 0.108 e. The molecule has 1 heterocycles. The van der Waals surface area contributed by atoms with Gasteiger partial charge in [0.25, 0.3) is 0 Å². The molecular formula is C15H20N2O. The lowest BCUT2D eigenvalue weighted by molar-refractivity contribution is 0.164. The first-order valence-electron chi connectivity index (χ1n) is 6.35. The quantitative estimate of drug-likeness (QED) is 0.876. The Labute approximate surface area is 108 Å². The van der Waals surface area contributed by atoms with Gasteiger partial charge in [-0.1, -0.05) is 29.8 Å². The first kappa shape index (κ1) is 12.8. The van der Waals surface area contributed by atoms with E-state index >= 15 is 0 Å². The lowest BCUT2D eigenvalue weighted by Gasteiger charge is -2.11. The average molecular weight is 244 g/mol. The maximum absolute atomic E-state index is 10.0. The van der Waals surface area contributed by atoms with Crippen LogP contribution in [0.2, 0.25) is 0 Å². The van der Waals surface area contributed by atoms with Crippen LogP contribution in [-0.4, -0.2) is 20.8 Å². The van der Waals surface area contributed by atoms with Gasteiger partial charge in [-0.25, -0.2) is 4.98 Å². The fraction of sp³-hybridized carbons (Fsp3) is 0.400. The van der Waals surface area contributed by atoms with Crippen molar-refractivity contribution in [3.63, 3.8) is 0 Å². The molecule has 0 aliphatic heterocycles. The van der Waals surface area contributed by atoms with Crippen molar-refractivity contribution in [3.05, 3.63) is 53.6 Å². The van der Waals surface area contributed by atoms with Gasteiger partial charge in [-0.2, -0.15) is 0 Å². The van der Waals surface area contributed by atoms with Crippen molar-refractivity contribution in [3.8, 4) is 0 Å². The van der Waals surface area contributed by atoms with E-state index in [1.807, 2.05) is 23.9 Å². The van der Waals surface area contributed by atoms with E-state index in [9.17, 15) is 5.11 Å².